The van der Waals surface area contributed by atoms with E-state index >= 15 is 0 Å². The van der Waals surface area contributed by atoms with Gasteiger partial charge in [-0.2, -0.15) is 0 Å². The Morgan fingerprint density at radius 2 is 1.44 bits per heavy atom. The number of hydrogen-bond donors (Lipinski definition) is 0. The second kappa shape index (κ2) is 7.96. The van der Waals surface area contributed by atoms with E-state index in [4.69, 9.17) is 0 Å². The molecular formula is C29H20N2O3. The Bertz CT molecular complexity index is 1600. The van der Waals surface area contributed by atoms with Gasteiger partial charge in [0.25, 0.3) is 0 Å². The molecule has 5 heteroatoms. The first-order valence-electron chi connectivity index (χ1n) is 11.3. The summed E-state index contributed by atoms with van der Waals surface area (Å²) in [5, 5.41) is 2.07. The number of hydrogen-bond acceptors (Lipinski definition) is 5. The lowest BCUT2D eigenvalue weighted by Crippen LogP contribution is -2.18. The summed E-state index contributed by atoms with van der Waals surface area (Å²) in [7, 11) is 0. The molecule has 0 radical (unpaired) electrons. The molecule has 3 aliphatic rings. The van der Waals surface area contributed by atoms with Crippen LogP contribution in [0, 0.1) is 5.92 Å². The maximum atomic E-state index is 12.2. The molecule has 7 rings (SSSR count). The number of nitrogens with zero attached hydrogens (tertiary/aromatic N) is 2. The summed E-state index contributed by atoms with van der Waals surface area (Å²) in [4.78, 5) is 44.1. The predicted octanol–water partition coefficient (Wildman–Crippen LogP) is 5.17. The van der Waals surface area contributed by atoms with Crippen molar-refractivity contribution < 1.29 is 14.4 Å². The van der Waals surface area contributed by atoms with E-state index in [1.807, 2.05) is 54.6 Å². The second-order valence-corrected chi connectivity index (χ2v) is 8.87. The summed E-state index contributed by atoms with van der Waals surface area (Å²) in [6, 6.07) is 19.7. The van der Waals surface area contributed by atoms with Crippen LogP contribution in [0.15, 0.2) is 72.8 Å². The van der Waals surface area contributed by atoms with E-state index in [1.54, 1.807) is 18.2 Å². The minimum Gasteiger partial charge on any atom is -0.295 e. The topological polar surface area (TPSA) is 77.0 Å². The number of aromatic nitrogens is 2. The fourth-order valence-electron chi connectivity index (χ4n) is 4.91. The highest BCUT2D eigenvalue weighted by Crippen LogP contribution is 2.41. The molecule has 164 valence electrons. The lowest BCUT2D eigenvalue weighted by Gasteiger charge is -2.22. The molecule has 0 saturated heterocycles. The van der Waals surface area contributed by atoms with E-state index in [1.165, 1.54) is 0 Å². The van der Waals surface area contributed by atoms with Crippen molar-refractivity contribution in [2.24, 2.45) is 5.92 Å². The minimum atomic E-state index is 0.0427. The fraction of sp³-hybridized carbons (Fsp3) is 0.138. The highest BCUT2D eigenvalue weighted by molar-refractivity contribution is 6.12. The number of fused-ring (bicyclic) bond motifs is 6. The zero-order valence-corrected chi connectivity index (χ0v) is 18.3. The van der Waals surface area contributed by atoms with Crippen LogP contribution in [0.2, 0.25) is 0 Å². The van der Waals surface area contributed by atoms with Gasteiger partial charge in [0.05, 0.1) is 22.4 Å². The number of benzene rings is 2. The van der Waals surface area contributed by atoms with Crippen molar-refractivity contribution in [1.29, 1.82) is 0 Å². The maximum absolute atomic E-state index is 12.2. The molecule has 1 unspecified atom stereocenters. The molecule has 2 heterocycles. The van der Waals surface area contributed by atoms with Crippen molar-refractivity contribution in [2.75, 3.05) is 0 Å². The Morgan fingerprint density at radius 3 is 2.24 bits per heavy atom. The normalized spacial score (nSPS) is 18.2. The Kier molecular flexibility index (Phi) is 4.77. The molecule has 4 aromatic rings. The quantitative estimate of drug-likeness (QED) is 0.374. The summed E-state index contributed by atoms with van der Waals surface area (Å²) < 4.78 is 0. The first kappa shape index (κ1) is 20.4. The summed E-state index contributed by atoms with van der Waals surface area (Å²) in [6.45, 7) is 0. The molecule has 0 amide bonds. The van der Waals surface area contributed by atoms with Crippen molar-refractivity contribution in [3.05, 3.63) is 95.3 Å². The standard InChI is InChI=1S/C16H11NO2.C13H9NO/c18-11-5-10-7-15(19)13-6-9-3-1-2-4-14(9)17-16(13)12(10)8-11;15-11-5-6-13-10(8-11)7-9-3-1-2-4-12(9)14-13/h1-4,6,8,10H,5,7H2;1-7H,8H2. The lowest BCUT2D eigenvalue weighted by molar-refractivity contribution is -0.115. The van der Waals surface area contributed by atoms with Gasteiger partial charge in [0.1, 0.15) is 0 Å². The largest absolute Gasteiger partial charge is 0.295 e. The maximum Gasteiger partial charge on any atom is 0.165 e. The molecular weight excluding hydrogens is 424 g/mol. The number of ketones is 3. The molecule has 0 bridgehead atoms. The molecule has 0 fully saturated rings. The van der Waals surface area contributed by atoms with Gasteiger partial charge >= 0.3 is 0 Å². The zero-order chi connectivity index (χ0) is 23.2. The van der Waals surface area contributed by atoms with Crippen LogP contribution < -0.4 is 0 Å². The Balaban J connectivity index is 0.000000132. The van der Waals surface area contributed by atoms with Gasteiger partial charge in [-0.15, -0.1) is 0 Å². The van der Waals surface area contributed by atoms with E-state index in [9.17, 15) is 14.4 Å². The van der Waals surface area contributed by atoms with Crippen LogP contribution in [0.25, 0.3) is 33.5 Å². The van der Waals surface area contributed by atoms with Crippen molar-refractivity contribution >= 4 is 50.8 Å². The molecule has 0 aliphatic heterocycles. The summed E-state index contributed by atoms with van der Waals surface area (Å²) in [5.41, 5.74) is 6.13. The molecule has 0 saturated carbocycles. The number of allylic oxidation sites excluding steroid dienone is 3. The van der Waals surface area contributed by atoms with Gasteiger partial charge in [-0.3, -0.25) is 14.4 Å². The third kappa shape index (κ3) is 3.55. The van der Waals surface area contributed by atoms with E-state index in [2.05, 4.69) is 16.0 Å². The van der Waals surface area contributed by atoms with Crippen molar-refractivity contribution in [1.82, 2.24) is 9.97 Å². The van der Waals surface area contributed by atoms with Gasteiger partial charge < -0.3 is 0 Å². The average Bonchev–Trinajstić information content (AvgIpc) is 3.22. The van der Waals surface area contributed by atoms with E-state index in [0.717, 1.165) is 38.6 Å². The molecule has 3 aliphatic carbocycles. The third-order valence-electron chi connectivity index (χ3n) is 6.56. The number of para-hydroxylation sites is 2. The number of Topliss-reactive ketones (excluding diaryl/α,β-unsaturated/α-hetero) is 1. The monoisotopic (exact) mass is 444 g/mol. The molecule has 34 heavy (non-hydrogen) atoms. The van der Waals surface area contributed by atoms with Crippen molar-refractivity contribution in [2.45, 2.75) is 19.3 Å². The molecule has 2 aromatic heterocycles. The minimum absolute atomic E-state index is 0.0427. The van der Waals surface area contributed by atoms with Crippen LogP contribution in [-0.4, -0.2) is 27.3 Å². The number of carbonyl (C=O) groups excluding carboxylic acids is 3. The van der Waals surface area contributed by atoms with Crippen molar-refractivity contribution in [3.63, 3.8) is 0 Å². The van der Waals surface area contributed by atoms with Gasteiger partial charge in [0.2, 0.25) is 0 Å². The molecule has 1 atom stereocenters. The van der Waals surface area contributed by atoms with Gasteiger partial charge in [-0.25, -0.2) is 9.97 Å². The summed E-state index contributed by atoms with van der Waals surface area (Å²) in [5.74, 6) is 0.404. The van der Waals surface area contributed by atoms with Gasteiger partial charge in [0, 0.05) is 41.5 Å². The lowest BCUT2D eigenvalue weighted by atomic mass is 9.82. The second-order valence-electron chi connectivity index (χ2n) is 8.87. The number of rotatable bonds is 0. The highest BCUT2D eigenvalue weighted by Gasteiger charge is 2.35. The Morgan fingerprint density at radius 1 is 0.735 bits per heavy atom. The van der Waals surface area contributed by atoms with Gasteiger partial charge in [-0.1, -0.05) is 36.4 Å². The third-order valence-corrected chi connectivity index (χ3v) is 6.56. The van der Waals surface area contributed by atoms with Crippen molar-refractivity contribution in [3.8, 4) is 0 Å². The van der Waals surface area contributed by atoms with Crippen LogP contribution >= 0.6 is 0 Å². The predicted molar refractivity (Wildman–Crippen MR) is 131 cm³/mol. The first-order chi connectivity index (χ1) is 16.5. The Hall–Kier alpha value is -4.25. The van der Waals surface area contributed by atoms with Gasteiger partial charge in [0.15, 0.2) is 17.3 Å². The van der Waals surface area contributed by atoms with E-state index < -0.39 is 0 Å². The molecule has 0 N–H and O–H groups in total. The first-order valence-corrected chi connectivity index (χ1v) is 11.3. The Labute approximate surface area is 195 Å². The van der Waals surface area contributed by atoms with E-state index in [0.29, 0.717) is 30.5 Å². The summed E-state index contributed by atoms with van der Waals surface area (Å²) >= 11 is 0. The van der Waals surface area contributed by atoms with E-state index in [-0.39, 0.29) is 23.3 Å². The molecule has 0 spiro atoms. The number of pyridine rings is 2. The van der Waals surface area contributed by atoms with Crippen LogP contribution in [-0.2, 0) is 16.0 Å². The van der Waals surface area contributed by atoms with Crippen LogP contribution in [0.1, 0.15) is 40.2 Å². The number of carbonyl (C=O) groups is 3. The smallest absolute Gasteiger partial charge is 0.165 e. The summed E-state index contributed by atoms with van der Waals surface area (Å²) in [6.07, 6.45) is 6.43. The fourth-order valence-corrected chi connectivity index (χ4v) is 4.91. The van der Waals surface area contributed by atoms with Gasteiger partial charge in [-0.05, 0) is 53.6 Å². The average molecular weight is 444 g/mol. The van der Waals surface area contributed by atoms with Crippen LogP contribution in [0.3, 0.4) is 0 Å². The zero-order valence-electron chi connectivity index (χ0n) is 18.3. The molecule has 2 aromatic carbocycles. The van der Waals surface area contributed by atoms with Crippen LogP contribution in [0.4, 0.5) is 0 Å². The highest BCUT2D eigenvalue weighted by atomic mass is 16.1. The molecule has 5 nitrogen and oxygen atoms in total. The SMILES string of the molecule is O=C1C=C2c3nc4ccccc4cc3C(=O)CC2C1.O=C1C=Cc2nc3ccccc3cc2C1. The van der Waals surface area contributed by atoms with Crippen LogP contribution in [0.5, 0.6) is 0 Å².